The number of aliphatic carboxylic acids is 1. The molecule has 0 aromatic heterocycles. The van der Waals surface area contributed by atoms with Crippen LogP contribution in [0.2, 0.25) is 0 Å². The van der Waals surface area contributed by atoms with Crippen LogP contribution in [0, 0.1) is 22.7 Å². The number of ether oxygens (including phenoxy) is 1. The molecule has 0 saturated carbocycles. The standard InChI is InChI=1S/C13H27NO2.C8H19N.C2HF3O2/c1-8-10(12(2,3)4)9-14-11(15)16-13(5,6)7;1-5-7(6-9)8(2,3)4;3-2(4,5)1(6)7/h10H,8-9H2,1-7H3,(H,14,15);7H,5-6,9H2,1-4H3;(H,6,7). The Morgan fingerprint density at radius 3 is 1.38 bits per heavy atom. The second-order valence-electron chi connectivity index (χ2n) is 10.9. The van der Waals surface area contributed by atoms with Crippen molar-refractivity contribution in [2.75, 3.05) is 13.1 Å². The number of hydrogen-bond acceptors (Lipinski definition) is 4. The molecule has 0 aliphatic heterocycles. The fraction of sp³-hybridized carbons (Fsp3) is 0.913. The summed E-state index contributed by atoms with van der Waals surface area (Å²) < 4.78 is 36.9. The molecule has 9 heteroatoms. The molecule has 32 heavy (non-hydrogen) atoms. The summed E-state index contributed by atoms with van der Waals surface area (Å²) in [5, 5.41) is 9.96. The number of nitrogens with two attached hydrogens (primary N) is 1. The highest BCUT2D eigenvalue weighted by molar-refractivity contribution is 5.73. The Kier molecular flexibility index (Phi) is 16.0. The lowest BCUT2D eigenvalue weighted by molar-refractivity contribution is -0.192. The molecule has 0 heterocycles. The van der Waals surface area contributed by atoms with Crippen LogP contribution in [-0.2, 0) is 9.53 Å². The first-order valence-corrected chi connectivity index (χ1v) is 11.0. The number of hydrogen-bond donors (Lipinski definition) is 3. The van der Waals surface area contributed by atoms with Gasteiger partial charge in [-0.1, -0.05) is 68.2 Å². The Morgan fingerprint density at radius 1 is 0.875 bits per heavy atom. The summed E-state index contributed by atoms with van der Waals surface area (Å²) in [6, 6.07) is 0. The van der Waals surface area contributed by atoms with Gasteiger partial charge in [-0.15, -0.1) is 0 Å². The highest BCUT2D eigenvalue weighted by Gasteiger charge is 2.38. The lowest BCUT2D eigenvalue weighted by Gasteiger charge is -2.30. The van der Waals surface area contributed by atoms with Gasteiger partial charge in [0.05, 0.1) is 0 Å². The number of halogens is 3. The molecule has 0 spiro atoms. The van der Waals surface area contributed by atoms with Crippen molar-refractivity contribution in [2.24, 2.45) is 28.4 Å². The van der Waals surface area contributed by atoms with Crippen molar-refractivity contribution in [3.63, 3.8) is 0 Å². The molecule has 0 bridgehead atoms. The van der Waals surface area contributed by atoms with E-state index in [1.54, 1.807) is 0 Å². The third-order valence-corrected chi connectivity index (χ3v) is 4.85. The van der Waals surface area contributed by atoms with Gasteiger partial charge in [-0.2, -0.15) is 13.2 Å². The largest absolute Gasteiger partial charge is 0.490 e. The highest BCUT2D eigenvalue weighted by atomic mass is 19.4. The van der Waals surface area contributed by atoms with Gasteiger partial charge >= 0.3 is 18.2 Å². The van der Waals surface area contributed by atoms with Gasteiger partial charge in [0.15, 0.2) is 0 Å². The van der Waals surface area contributed by atoms with Crippen LogP contribution in [-0.4, -0.2) is 42.0 Å². The van der Waals surface area contributed by atoms with Gasteiger partial charge in [-0.3, -0.25) is 0 Å². The zero-order chi connectivity index (χ0) is 26.6. The van der Waals surface area contributed by atoms with E-state index in [1.165, 1.54) is 6.42 Å². The molecule has 4 N–H and O–H groups in total. The van der Waals surface area contributed by atoms with Gasteiger partial charge in [0.1, 0.15) is 5.60 Å². The van der Waals surface area contributed by atoms with Crippen molar-refractivity contribution in [3.8, 4) is 0 Å². The van der Waals surface area contributed by atoms with Crippen LogP contribution in [0.15, 0.2) is 0 Å². The summed E-state index contributed by atoms with van der Waals surface area (Å²) in [5.41, 5.74) is 5.75. The van der Waals surface area contributed by atoms with E-state index in [-0.39, 0.29) is 11.5 Å². The second-order valence-corrected chi connectivity index (χ2v) is 10.9. The minimum absolute atomic E-state index is 0.212. The number of carbonyl (C=O) groups is 2. The van der Waals surface area contributed by atoms with Crippen LogP contribution in [0.1, 0.15) is 89.0 Å². The molecule has 0 aliphatic carbocycles. The molecular formula is C23H47F3N2O4. The molecule has 2 atom stereocenters. The van der Waals surface area contributed by atoms with Crippen LogP contribution in [0.3, 0.4) is 0 Å². The monoisotopic (exact) mass is 472 g/mol. The molecule has 0 fully saturated rings. The molecule has 0 saturated heterocycles. The lowest BCUT2D eigenvalue weighted by Crippen LogP contribution is -2.38. The first kappa shape index (κ1) is 35.1. The molecular weight excluding hydrogens is 425 g/mol. The van der Waals surface area contributed by atoms with Crippen molar-refractivity contribution in [1.29, 1.82) is 0 Å². The summed E-state index contributed by atoms with van der Waals surface area (Å²) in [6.45, 7) is 24.8. The normalized spacial score (nSPS) is 14.1. The summed E-state index contributed by atoms with van der Waals surface area (Å²) in [6.07, 6.45) is -3.16. The average molecular weight is 473 g/mol. The van der Waals surface area contributed by atoms with Gasteiger partial charge < -0.3 is 20.9 Å². The number of carbonyl (C=O) groups excluding carboxylic acids is 1. The number of amides is 1. The Morgan fingerprint density at radius 2 is 1.22 bits per heavy atom. The van der Waals surface area contributed by atoms with E-state index < -0.39 is 17.7 Å². The Hall–Kier alpha value is -1.51. The van der Waals surface area contributed by atoms with Gasteiger partial charge in [0.25, 0.3) is 0 Å². The third kappa shape index (κ3) is 20.4. The average Bonchev–Trinajstić information content (AvgIpc) is 2.52. The van der Waals surface area contributed by atoms with Gasteiger partial charge in [0, 0.05) is 6.54 Å². The number of carboxylic acid groups (broad SMARTS) is 1. The maximum atomic E-state index is 11.5. The SMILES string of the molecule is CCC(CN)C(C)(C)C.CCC(CNC(=O)OC(C)(C)C)C(C)(C)C.O=C(O)C(F)(F)F. The van der Waals surface area contributed by atoms with Crippen LogP contribution in [0.25, 0.3) is 0 Å². The topological polar surface area (TPSA) is 102 Å². The van der Waals surface area contributed by atoms with Gasteiger partial charge in [0.2, 0.25) is 0 Å². The van der Waals surface area contributed by atoms with E-state index in [0.29, 0.717) is 23.8 Å². The third-order valence-electron chi connectivity index (χ3n) is 4.85. The Bertz CT molecular complexity index is 527. The van der Waals surface area contributed by atoms with Crippen molar-refractivity contribution < 1.29 is 32.6 Å². The van der Waals surface area contributed by atoms with Crippen LogP contribution in [0.4, 0.5) is 18.0 Å². The zero-order valence-electron chi connectivity index (χ0n) is 21.9. The van der Waals surface area contributed by atoms with Gasteiger partial charge in [-0.05, 0) is 50.0 Å². The maximum Gasteiger partial charge on any atom is 0.490 e. The molecule has 0 radical (unpaired) electrons. The molecule has 1 amide bonds. The predicted octanol–water partition coefficient (Wildman–Crippen LogP) is 6.23. The van der Waals surface area contributed by atoms with E-state index in [0.717, 1.165) is 13.0 Å². The number of alkyl halides is 3. The summed E-state index contributed by atoms with van der Waals surface area (Å²) >= 11 is 0. The van der Waals surface area contributed by atoms with Crippen molar-refractivity contribution >= 4 is 12.1 Å². The van der Waals surface area contributed by atoms with Gasteiger partial charge in [-0.25, -0.2) is 9.59 Å². The minimum Gasteiger partial charge on any atom is -0.475 e. The smallest absolute Gasteiger partial charge is 0.475 e. The van der Waals surface area contributed by atoms with E-state index in [1.807, 2.05) is 20.8 Å². The Labute approximate surface area is 192 Å². The molecule has 0 aliphatic rings. The predicted molar refractivity (Wildman–Crippen MR) is 123 cm³/mol. The molecule has 0 rings (SSSR count). The zero-order valence-corrected chi connectivity index (χ0v) is 21.9. The molecule has 0 aromatic carbocycles. The lowest BCUT2D eigenvalue weighted by atomic mass is 9.79. The summed E-state index contributed by atoms with van der Waals surface area (Å²) in [7, 11) is 0. The van der Waals surface area contributed by atoms with E-state index >= 15 is 0 Å². The van der Waals surface area contributed by atoms with E-state index in [4.69, 9.17) is 20.4 Å². The number of nitrogens with one attached hydrogen (secondary N) is 1. The summed E-state index contributed by atoms with van der Waals surface area (Å²) in [5.74, 6) is -1.61. The Balaban J connectivity index is -0.000000442. The number of alkyl carbamates (subject to hydrolysis) is 1. The molecule has 2 unspecified atom stereocenters. The van der Waals surface area contributed by atoms with Crippen molar-refractivity contribution in [3.05, 3.63) is 0 Å². The molecule has 194 valence electrons. The van der Waals surface area contributed by atoms with Crippen LogP contribution < -0.4 is 11.1 Å². The first-order chi connectivity index (χ1) is 14.0. The van der Waals surface area contributed by atoms with Crippen molar-refractivity contribution in [1.82, 2.24) is 5.32 Å². The van der Waals surface area contributed by atoms with E-state index in [2.05, 4.69) is 60.7 Å². The fourth-order valence-electron chi connectivity index (χ4n) is 2.72. The highest BCUT2D eigenvalue weighted by Crippen LogP contribution is 2.28. The number of carboxylic acids is 1. The molecule has 0 aromatic rings. The maximum absolute atomic E-state index is 11.5. The second kappa shape index (κ2) is 14.6. The van der Waals surface area contributed by atoms with Crippen LogP contribution in [0.5, 0.6) is 0 Å². The molecule has 6 nitrogen and oxygen atoms in total. The first-order valence-electron chi connectivity index (χ1n) is 11.0. The van der Waals surface area contributed by atoms with Crippen molar-refractivity contribution in [2.45, 2.75) is 101 Å². The summed E-state index contributed by atoms with van der Waals surface area (Å²) in [4.78, 5) is 20.4. The van der Waals surface area contributed by atoms with E-state index in [9.17, 15) is 18.0 Å². The number of rotatable bonds is 5. The fourth-order valence-corrected chi connectivity index (χ4v) is 2.72. The minimum atomic E-state index is -5.08. The quantitative estimate of drug-likeness (QED) is 0.440. The van der Waals surface area contributed by atoms with Crippen LogP contribution >= 0.6 is 0 Å².